The van der Waals surface area contributed by atoms with Crippen molar-refractivity contribution in [2.45, 2.75) is 6.54 Å². The summed E-state index contributed by atoms with van der Waals surface area (Å²) < 4.78 is 16.0. The zero-order chi connectivity index (χ0) is 17.8. The molecule has 1 heterocycles. The van der Waals surface area contributed by atoms with Crippen LogP contribution in [-0.2, 0) is 6.54 Å². The maximum atomic E-state index is 13.9. The fourth-order valence-corrected chi connectivity index (χ4v) is 2.92. The molecule has 0 aliphatic heterocycles. The molecular formula is C22H18FN3. The Morgan fingerprint density at radius 2 is 1.73 bits per heavy atom. The zero-order valence-corrected chi connectivity index (χ0v) is 14.1. The lowest BCUT2D eigenvalue weighted by Gasteiger charge is -2.07. The van der Waals surface area contributed by atoms with Crippen LogP contribution >= 0.6 is 0 Å². The van der Waals surface area contributed by atoms with Gasteiger partial charge in [0.1, 0.15) is 5.82 Å². The Balaban J connectivity index is 1.57. The molecule has 0 amide bonds. The van der Waals surface area contributed by atoms with E-state index in [-0.39, 0.29) is 5.82 Å². The molecule has 26 heavy (non-hydrogen) atoms. The third kappa shape index (κ3) is 3.49. The minimum absolute atomic E-state index is 0.181. The van der Waals surface area contributed by atoms with E-state index in [0.717, 1.165) is 22.2 Å². The Morgan fingerprint density at radius 1 is 0.923 bits per heavy atom. The largest absolute Gasteiger partial charge is 0.343 e. The Hall–Kier alpha value is -3.40. The number of hydrogen-bond acceptors (Lipinski definition) is 2. The van der Waals surface area contributed by atoms with E-state index in [0.29, 0.717) is 12.1 Å². The number of aromatic nitrogens is 1. The van der Waals surface area contributed by atoms with Gasteiger partial charge in [0, 0.05) is 17.3 Å². The topological polar surface area (TPSA) is 29.3 Å². The van der Waals surface area contributed by atoms with Gasteiger partial charge in [-0.05, 0) is 41.3 Å². The normalized spacial score (nSPS) is 11.3. The summed E-state index contributed by atoms with van der Waals surface area (Å²) in [5.74, 6) is -0.181. The maximum Gasteiger partial charge on any atom is 0.128 e. The van der Waals surface area contributed by atoms with Crippen LogP contribution in [0.5, 0.6) is 0 Å². The molecule has 0 bridgehead atoms. The number of nitrogens with zero attached hydrogens (tertiary/aromatic N) is 2. The standard InChI is InChI=1S/C22H18FN3/c23-21-9-5-4-6-19(21)16-26-13-12-18-11-10-17(14-22(18)26)15-24-25-20-7-2-1-3-8-20/h1-15,25H,16H2. The predicted molar refractivity (Wildman–Crippen MR) is 105 cm³/mol. The minimum atomic E-state index is -0.181. The zero-order valence-electron chi connectivity index (χ0n) is 14.1. The van der Waals surface area contributed by atoms with Gasteiger partial charge in [-0.1, -0.05) is 48.5 Å². The van der Waals surface area contributed by atoms with Gasteiger partial charge >= 0.3 is 0 Å². The van der Waals surface area contributed by atoms with Gasteiger partial charge in [0.25, 0.3) is 0 Å². The van der Waals surface area contributed by atoms with E-state index < -0.39 is 0 Å². The molecule has 0 saturated carbocycles. The number of hydrazone groups is 1. The Kier molecular flexibility index (Phi) is 4.48. The van der Waals surface area contributed by atoms with Gasteiger partial charge in [0.15, 0.2) is 0 Å². The Bertz CT molecular complexity index is 1050. The number of nitrogens with one attached hydrogen (secondary N) is 1. The molecule has 0 spiro atoms. The molecule has 0 aliphatic rings. The predicted octanol–water partition coefficient (Wildman–Crippen LogP) is 5.27. The quantitative estimate of drug-likeness (QED) is 0.388. The summed E-state index contributed by atoms with van der Waals surface area (Å²) in [6, 6.07) is 24.9. The Labute approximate surface area is 151 Å². The first-order chi connectivity index (χ1) is 12.8. The van der Waals surface area contributed by atoms with Gasteiger partial charge in [-0.2, -0.15) is 5.10 Å². The highest BCUT2D eigenvalue weighted by Crippen LogP contribution is 2.19. The summed E-state index contributed by atoms with van der Waals surface area (Å²) in [6.07, 6.45) is 3.77. The van der Waals surface area contributed by atoms with Gasteiger partial charge in [0.05, 0.1) is 18.4 Å². The Morgan fingerprint density at radius 3 is 2.58 bits per heavy atom. The molecule has 1 N–H and O–H groups in total. The third-order valence-electron chi connectivity index (χ3n) is 4.28. The van der Waals surface area contributed by atoms with E-state index in [1.165, 1.54) is 6.07 Å². The first kappa shape index (κ1) is 16.1. The van der Waals surface area contributed by atoms with Crippen molar-refractivity contribution in [3.05, 3.63) is 102 Å². The molecule has 0 atom stereocenters. The second-order valence-corrected chi connectivity index (χ2v) is 6.09. The van der Waals surface area contributed by atoms with Crippen molar-refractivity contribution in [2.24, 2.45) is 5.10 Å². The smallest absolute Gasteiger partial charge is 0.128 e. The minimum Gasteiger partial charge on any atom is -0.343 e. The number of anilines is 1. The highest BCUT2D eigenvalue weighted by atomic mass is 19.1. The van der Waals surface area contributed by atoms with E-state index in [9.17, 15) is 4.39 Å². The molecule has 1 aromatic heterocycles. The van der Waals surface area contributed by atoms with E-state index in [1.807, 2.05) is 60.8 Å². The first-order valence-electron chi connectivity index (χ1n) is 8.46. The third-order valence-corrected chi connectivity index (χ3v) is 4.28. The molecular weight excluding hydrogens is 325 g/mol. The van der Waals surface area contributed by atoms with Crippen LogP contribution in [0, 0.1) is 5.82 Å². The van der Waals surface area contributed by atoms with Crippen LogP contribution in [-0.4, -0.2) is 10.8 Å². The van der Waals surface area contributed by atoms with Crippen LogP contribution in [0.25, 0.3) is 10.9 Å². The molecule has 0 aliphatic carbocycles. The highest BCUT2D eigenvalue weighted by Gasteiger charge is 2.05. The van der Waals surface area contributed by atoms with Crippen LogP contribution in [0.4, 0.5) is 10.1 Å². The first-order valence-corrected chi connectivity index (χ1v) is 8.46. The van der Waals surface area contributed by atoms with Gasteiger partial charge in [0.2, 0.25) is 0 Å². The SMILES string of the molecule is Fc1ccccc1Cn1ccc2ccc(C=NNc3ccccc3)cc21. The molecule has 0 saturated heterocycles. The number of para-hydroxylation sites is 1. The molecule has 4 heteroatoms. The maximum absolute atomic E-state index is 13.9. The molecule has 0 unspecified atom stereocenters. The lowest BCUT2D eigenvalue weighted by Crippen LogP contribution is -2.00. The van der Waals surface area contributed by atoms with Crippen LogP contribution in [0.15, 0.2) is 90.2 Å². The molecule has 3 nitrogen and oxygen atoms in total. The molecule has 0 radical (unpaired) electrons. The van der Waals surface area contributed by atoms with Crippen molar-refractivity contribution in [3.63, 3.8) is 0 Å². The van der Waals surface area contributed by atoms with Crippen molar-refractivity contribution in [2.75, 3.05) is 5.43 Å². The van der Waals surface area contributed by atoms with Crippen LogP contribution in [0.2, 0.25) is 0 Å². The summed E-state index contributed by atoms with van der Waals surface area (Å²) >= 11 is 0. The monoisotopic (exact) mass is 343 g/mol. The second kappa shape index (κ2) is 7.23. The summed E-state index contributed by atoms with van der Waals surface area (Å²) in [4.78, 5) is 0. The molecule has 3 aromatic carbocycles. The molecule has 4 rings (SSSR count). The second-order valence-electron chi connectivity index (χ2n) is 6.09. The van der Waals surface area contributed by atoms with Crippen molar-refractivity contribution < 1.29 is 4.39 Å². The lowest BCUT2D eigenvalue weighted by molar-refractivity contribution is 0.602. The fourth-order valence-electron chi connectivity index (χ4n) is 2.92. The summed E-state index contributed by atoms with van der Waals surface area (Å²) in [5.41, 5.74) is 6.66. The van der Waals surface area contributed by atoms with Crippen molar-refractivity contribution in [3.8, 4) is 0 Å². The van der Waals surface area contributed by atoms with Crippen LogP contribution < -0.4 is 5.43 Å². The summed E-state index contributed by atoms with van der Waals surface area (Å²) in [5, 5.41) is 5.41. The van der Waals surface area contributed by atoms with E-state index in [1.54, 1.807) is 12.3 Å². The van der Waals surface area contributed by atoms with Crippen molar-refractivity contribution in [1.29, 1.82) is 0 Å². The van der Waals surface area contributed by atoms with Crippen LogP contribution in [0.1, 0.15) is 11.1 Å². The van der Waals surface area contributed by atoms with Gasteiger partial charge in [-0.3, -0.25) is 5.43 Å². The van der Waals surface area contributed by atoms with Crippen molar-refractivity contribution >= 4 is 22.8 Å². The highest BCUT2D eigenvalue weighted by molar-refractivity contribution is 5.89. The van der Waals surface area contributed by atoms with E-state index in [2.05, 4.69) is 27.2 Å². The van der Waals surface area contributed by atoms with Gasteiger partial charge < -0.3 is 4.57 Å². The molecule has 0 fully saturated rings. The average Bonchev–Trinajstić information content (AvgIpc) is 3.07. The molecule has 128 valence electrons. The molecule has 4 aromatic rings. The average molecular weight is 343 g/mol. The number of halogens is 1. The number of fused-ring (bicyclic) bond motifs is 1. The number of benzene rings is 3. The fraction of sp³-hybridized carbons (Fsp3) is 0.0455. The number of rotatable bonds is 5. The summed E-state index contributed by atoms with van der Waals surface area (Å²) in [6.45, 7) is 0.499. The van der Waals surface area contributed by atoms with Crippen molar-refractivity contribution in [1.82, 2.24) is 4.57 Å². The van der Waals surface area contributed by atoms with Gasteiger partial charge in [-0.15, -0.1) is 0 Å². The number of hydrogen-bond donors (Lipinski definition) is 1. The van der Waals surface area contributed by atoms with E-state index in [4.69, 9.17) is 0 Å². The summed E-state index contributed by atoms with van der Waals surface area (Å²) in [7, 11) is 0. The lowest BCUT2D eigenvalue weighted by atomic mass is 10.1. The van der Waals surface area contributed by atoms with E-state index >= 15 is 0 Å². The van der Waals surface area contributed by atoms with Gasteiger partial charge in [-0.25, -0.2) is 4.39 Å². The van der Waals surface area contributed by atoms with Crippen LogP contribution in [0.3, 0.4) is 0 Å².